The molecule has 0 heterocycles. The molecule has 0 saturated heterocycles. The van der Waals surface area contributed by atoms with Gasteiger partial charge in [-0.2, -0.15) is 0 Å². The fraction of sp³-hybridized carbons (Fsp3) is 0.750. The lowest BCUT2D eigenvalue weighted by Crippen LogP contribution is -2.15. The highest BCUT2D eigenvalue weighted by atomic mass is 35.5. The molecule has 0 nitrogen and oxygen atoms in total. The first-order valence-electron chi connectivity index (χ1n) is 3.80. The number of hydrogen-bond donors (Lipinski definition) is 0. The van der Waals surface area contributed by atoms with E-state index in [4.69, 9.17) is 11.6 Å². The zero-order chi connectivity index (χ0) is 8.04. The Labute approximate surface area is 70.3 Å². The molecule has 0 unspecified atom stereocenters. The van der Waals surface area contributed by atoms with Crippen LogP contribution in [0.15, 0.2) is 11.8 Å². The summed E-state index contributed by atoms with van der Waals surface area (Å²) in [5.41, 5.74) is 2.37. The number of rotatable bonds is 4. The van der Waals surface area contributed by atoms with Crippen LogP contribution in [0.2, 0.25) is 19.6 Å². The molecule has 0 N–H and O–H groups in total. The lowest BCUT2D eigenvalue weighted by Gasteiger charge is -2.07. The highest BCUT2D eigenvalue weighted by Gasteiger charge is 2.05. The number of halogens is 1. The van der Waals surface area contributed by atoms with E-state index in [9.17, 15) is 0 Å². The fourth-order valence-corrected chi connectivity index (χ4v) is 1.66. The lowest BCUT2D eigenvalue weighted by atomic mass is 10.3. The Morgan fingerprint density at radius 2 is 1.90 bits per heavy atom. The molecule has 0 spiro atoms. The van der Waals surface area contributed by atoms with Crippen molar-refractivity contribution in [3.8, 4) is 0 Å². The number of unbranched alkanes of at least 4 members (excludes halogenated alkanes) is 1. The second-order valence-electron chi connectivity index (χ2n) is 3.60. The highest BCUT2D eigenvalue weighted by molar-refractivity contribution is 6.80. The van der Waals surface area contributed by atoms with Crippen molar-refractivity contribution in [3.05, 3.63) is 11.8 Å². The van der Waals surface area contributed by atoms with Gasteiger partial charge in [0.25, 0.3) is 0 Å². The molecule has 0 aromatic heterocycles. The van der Waals surface area contributed by atoms with Crippen LogP contribution >= 0.6 is 11.6 Å². The van der Waals surface area contributed by atoms with Gasteiger partial charge in [0.05, 0.1) is 8.07 Å². The molecule has 0 aliphatic rings. The Bertz CT molecular complexity index is 102. The maximum atomic E-state index is 5.53. The van der Waals surface area contributed by atoms with Gasteiger partial charge in [0.15, 0.2) is 0 Å². The highest BCUT2D eigenvalue weighted by Crippen LogP contribution is 2.03. The molecular weight excluding hydrogens is 160 g/mol. The Kier molecular flexibility index (Phi) is 5.09. The van der Waals surface area contributed by atoms with Crippen LogP contribution in [-0.4, -0.2) is 14.0 Å². The minimum absolute atomic E-state index is 0.788. The van der Waals surface area contributed by atoms with Crippen LogP contribution in [0.25, 0.3) is 0 Å². The van der Waals surface area contributed by atoms with Gasteiger partial charge in [0.1, 0.15) is 0 Å². The van der Waals surface area contributed by atoms with Gasteiger partial charge < -0.3 is 0 Å². The molecule has 0 radical (unpaired) electrons. The number of allylic oxidation sites excluding steroid dienone is 1. The maximum Gasteiger partial charge on any atom is 0.0682 e. The van der Waals surface area contributed by atoms with E-state index in [-0.39, 0.29) is 0 Å². The van der Waals surface area contributed by atoms with Crippen LogP contribution in [0.3, 0.4) is 0 Å². The van der Waals surface area contributed by atoms with E-state index in [1.165, 1.54) is 0 Å². The third-order valence-electron chi connectivity index (χ3n) is 1.12. The Morgan fingerprint density at radius 1 is 1.30 bits per heavy atom. The first-order chi connectivity index (χ1) is 4.56. The number of hydrogen-bond acceptors (Lipinski definition) is 0. The lowest BCUT2D eigenvalue weighted by molar-refractivity contribution is 0.967. The van der Waals surface area contributed by atoms with E-state index in [1.807, 2.05) is 0 Å². The summed E-state index contributed by atoms with van der Waals surface area (Å²) in [5, 5.41) is 0. The van der Waals surface area contributed by atoms with Crippen LogP contribution in [0.5, 0.6) is 0 Å². The monoisotopic (exact) mass is 176 g/mol. The first kappa shape index (κ1) is 10.2. The van der Waals surface area contributed by atoms with Crippen LogP contribution in [0.4, 0.5) is 0 Å². The van der Waals surface area contributed by atoms with Crippen LogP contribution < -0.4 is 0 Å². The minimum atomic E-state index is -0.931. The standard InChI is InChI=1S/C8H17ClSi/c1-10(2,3)8-6-4-5-7-9/h6,8H,4-5,7H2,1-3H3/b8-6-. The molecule has 0 aliphatic heterocycles. The second-order valence-corrected chi connectivity index (χ2v) is 9.04. The third-order valence-corrected chi connectivity index (χ3v) is 2.63. The fourth-order valence-electron chi connectivity index (χ4n) is 0.632. The summed E-state index contributed by atoms with van der Waals surface area (Å²) in [6, 6.07) is 0. The molecule has 10 heavy (non-hydrogen) atoms. The average molecular weight is 177 g/mol. The quantitative estimate of drug-likeness (QED) is 0.350. The van der Waals surface area contributed by atoms with Crippen molar-refractivity contribution in [1.29, 1.82) is 0 Å². The molecule has 0 bridgehead atoms. The molecule has 0 atom stereocenters. The maximum absolute atomic E-state index is 5.53. The SMILES string of the molecule is C[Si](C)(C)/C=C\CCCCl. The Morgan fingerprint density at radius 3 is 2.30 bits per heavy atom. The molecule has 60 valence electrons. The molecule has 0 aliphatic carbocycles. The van der Waals surface area contributed by atoms with Gasteiger partial charge >= 0.3 is 0 Å². The molecular formula is C8H17ClSi. The summed E-state index contributed by atoms with van der Waals surface area (Å²) >= 11 is 5.53. The van der Waals surface area contributed by atoms with Gasteiger partial charge in [0.2, 0.25) is 0 Å². The average Bonchev–Trinajstić information content (AvgIpc) is 1.78. The zero-order valence-corrected chi connectivity index (χ0v) is 8.91. The van der Waals surface area contributed by atoms with E-state index in [1.54, 1.807) is 0 Å². The third kappa shape index (κ3) is 8.25. The molecule has 2 heteroatoms. The van der Waals surface area contributed by atoms with E-state index in [0.29, 0.717) is 0 Å². The molecule has 0 amide bonds. The summed E-state index contributed by atoms with van der Waals surface area (Å²) in [5.74, 6) is 0.788. The van der Waals surface area contributed by atoms with Crippen molar-refractivity contribution >= 4 is 19.7 Å². The van der Waals surface area contributed by atoms with Crippen LogP contribution in [0, 0.1) is 0 Å². The summed E-state index contributed by atoms with van der Waals surface area (Å²) in [7, 11) is -0.931. The minimum Gasteiger partial charge on any atom is -0.127 e. The predicted molar refractivity (Wildman–Crippen MR) is 52.4 cm³/mol. The summed E-state index contributed by atoms with van der Waals surface area (Å²) in [6.07, 6.45) is 4.53. The van der Waals surface area contributed by atoms with Crippen molar-refractivity contribution in [2.45, 2.75) is 32.5 Å². The van der Waals surface area contributed by atoms with Crippen LogP contribution in [0.1, 0.15) is 12.8 Å². The first-order valence-corrected chi connectivity index (χ1v) is 7.91. The number of alkyl halides is 1. The van der Waals surface area contributed by atoms with Gasteiger partial charge in [-0.3, -0.25) is 0 Å². The predicted octanol–water partition coefficient (Wildman–Crippen LogP) is 3.44. The van der Waals surface area contributed by atoms with Gasteiger partial charge in [-0.15, -0.1) is 11.6 Å². The van der Waals surface area contributed by atoms with E-state index in [2.05, 4.69) is 31.4 Å². The van der Waals surface area contributed by atoms with Crippen molar-refractivity contribution in [2.75, 3.05) is 5.88 Å². The van der Waals surface area contributed by atoms with Gasteiger partial charge in [0, 0.05) is 5.88 Å². The topological polar surface area (TPSA) is 0 Å². The second kappa shape index (κ2) is 4.97. The Balaban J connectivity index is 3.37. The largest absolute Gasteiger partial charge is 0.127 e. The summed E-state index contributed by atoms with van der Waals surface area (Å²) in [6.45, 7) is 7.01. The van der Waals surface area contributed by atoms with Gasteiger partial charge in [-0.1, -0.05) is 31.4 Å². The van der Waals surface area contributed by atoms with Crippen molar-refractivity contribution in [2.24, 2.45) is 0 Å². The summed E-state index contributed by atoms with van der Waals surface area (Å²) < 4.78 is 0. The van der Waals surface area contributed by atoms with Crippen molar-refractivity contribution < 1.29 is 0 Å². The van der Waals surface area contributed by atoms with Gasteiger partial charge in [-0.05, 0) is 12.8 Å². The zero-order valence-electron chi connectivity index (χ0n) is 7.15. The van der Waals surface area contributed by atoms with Gasteiger partial charge in [-0.25, -0.2) is 0 Å². The molecule has 0 aromatic carbocycles. The van der Waals surface area contributed by atoms with Crippen molar-refractivity contribution in [1.82, 2.24) is 0 Å². The van der Waals surface area contributed by atoms with E-state index in [0.717, 1.165) is 18.7 Å². The smallest absolute Gasteiger partial charge is 0.0682 e. The summed E-state index contributed by atoms with van der Waals surface area (Å²) in [4.78, 5) is 0. The van der Waals surface area contributed by atoms with E-state index >= 15 is 0 Å². The normalized spacial score (nSPS) is 12.8. The van der Waals surface area contributed by atoms with Crippen LogP contribution in [-0.2, 0) is 0 Å². The molecule has 0 saturated carbocycles. The molecule has 0 aromatic rings. The molecule has 0 rings (SSSR count). The van der Waals surface area contributed by atoms with E-state index < -0.39 is 8.07 Å². The Hall–Kier alpha value is 0.247. The molecule has 0 fully saturated rings. The van der Waals surface area contributed by atoms with Crippen molar-refractivity contribution in [3.63, 3.8) is 0 Å².